The van der Waals surface area contributed by atoms with E-state index in [4.69, 9.17) is 4.74 Å². The van der Waals surface area contributed by atoms with Gasteiger partial charge in [0.2, 0.25) is 0 Å². The van der Waals surface area contributed by atoms with Crippen molar-refractivity contribution in [1.29, 1.82) is 0 Å². The average Bonchev–Trinajstić information content (AvgIpc) is 3.23. The van der Waals surface area contributed by atoms with E-state index in [-0.39, 0.29) is 24.2 Å². The first kappa shape index (κ1) is 18.1. The van der Waals surface area contributed by atoms with Crippen LogP contribution in [-0.2, 0) is 4.79 Å². The molecule has 1 saturated heterocycles. The SMILES string of the molecule is O=C(COc1cccc(F)c1)N1CCC(c2nc(-c3cccnc3)n[nH]2)CC1. The molecule has 4 rings (SSSR count). The van der Waals surface area contributed by atoms with Crippen molar-refractivity contribution in [2.75, 3.05) is 19.7 Å². The van der Waals surface area contributed by atoms with Crippen LogP contribution in [0.25, 0.3) is 11.4 Å². The van der Waals surface area contributed by atoms with Gasteiger partial charge in [0.05, 0.1) is 0 Å². The Morgan fingerprint density at radius 1 is 1.25 bits per heavy atom. The highest BCUT2D eigenvalue weighted by Gasteiger charge is 2.26. The molecular weight excluding hydrogens is 361 g/mol. The summed E-state index contributed by atoms with van der Waals surface area (Å²) in [4.78, 5) is 22.8. The first-order valence-electron chi connectivity index (χ1n) is 9.18. The fraction of sp³-hybridized carbons (Fsp3) is 0.300. The van der Waals surface area contributed by atoms with Gasteiger partial charge in [0.15, 0.2) is 12.4 Å². The molecule has 1 aliphatic heterocycles. The number of ether oxygens (including phenoxy) is 1. The summed E-state index contributed by atoms with van der Waals surface area (Å²) in [7, 11) is 0. The number of halogens is 1. The number of nitrogens with zero attached hydrogens (tertiary/aromatic N) is 4. The number of aromatic amines is 1. The zero-order valence-corrected chi connectivity index (χ0v) is 15.2. The third-order valence-corrected chi connectivity index (χ3v) is 4.82. The van der Waals surface area contributed by atoms with Crippen molar-refractivity contribution >= 4 is 5.91 Å². The number of carbonyl (C=O) groups is 1. The predicted molar refractivity (Wildman–Crippen MR) is 100 cm³/mol. The summed E-state index contributed by atoms with van der Waals surface area (Å²) in [6.07, 6.45) is 5.04. The Labute approximate surface area is 161 Å². The number of H-pyrrole nitrogens is 1. The van der Waals surface area contributed by atoms with Crippen LogP contribution in [0, 0.1) is 5.82 Å². The Balaban J connectivity index is 1.30. The molecule has 1 aromatic carbocycles. The summed E-state index contributed by atoms with van der Waals surface area (Å²) >= 11 is 0. The summed E-state index contributed by atoms with van der Waals surface area (Å²) in [5, 5.41) is 7.30. The molecule has 3 heterocycles. The largest absolute Gasteiger partial charge is 0.484 e. The van der Waals surface area contributed by atoms with E-state index in [2.05, 4.69) is 20.2 Å². The van der Waals surface area contributed by atoms with Gasteiger partial charge in [0.1, 0.15) is 17.4 Å². The molecule has 2 aromatic heterocycles. The lowest BCUT2D eigenvalue weighted by Gasteiger charge is -2.30. The second-order valence-electron chi connectivity index (χ2n) is 6.69. The minimum Gasteiger partial charge on any atom is -0.484 e. The molecule has 1 N–H and O–H groups in total. The lowest BCUT2D eigenvalue weighted by atomic mass is 9.96. The third-order valence-electron chi connectivity index (χ3n) is 4.82. The smallest absolute Gasteiger partial charge is 0.260 e. The number of likely N-dealkylation sites (tertiary alicyclic amines) is 1. The minimum absolute atomic E-state index is 0.0957. The zero-order valence-electron chi connectivity index (χ0n) is 15.2. The summed E-state index contributed by atoms with van der Waals surface area (Å²) in [5.41, 5.74) is 0.868. The average molecular weight is 381 g/mol. The van der Waals surface area contributed by atoms with Crippen LogP contribution in [0.1, 0.15) is 24.6 Å². The molecule has 0 atom stereocenters. The molecule has 1 aliphatic rings. The van der Waals surface area contributed by atoms with Gasteiger partial charge in [-0.15, -0.1) is 0 Å². The van der Waals surface area contributed by atoms with Gasteiger partial charge < -0.3 is 9.64 Å². The van der Waals surface area contributed by atoms with Gasteiger partial charge >= 0.3 is 0 Å². The Bertz CT molecular complexity index is 939. The number of piperidine rings is 1. The van der Waals surface area contributed by atoms with Gasteiger partial charge in [-0.1, -0.05) is 6.07 Å². The Hall–Kier alpha value is -3.29. The minimum atomic E-state index is -0.386. The highest BCUT2D eigenvalue weighted by atomic mass is 19.1. The van der Waals surface area contributed by atoms with E-state index in [0.717, 1.165) is 24.2 Å². The fourth-order valence-electron chi connectivity index (χ4n) is 3.28. The number of benzene rings is 1. The van der Waals surface area contributed by atoms with Gasteiger partial charge in [-0.2, -0.15) is 5.10 Å². The number of pyridine rings is 1. The molecule has 28 heavy (non-hydrogen) atoms. The van der Waals surface area contributed by atoms with Crippen LogP contribution in [0.2, 0.25) is 0 Å². The van der Waals surface area contributed by atoms with Crippen LogP contribution < -0.4 is 4.74 Å². The van der Waals surface area contributed by atoms with E-state index in [0.29, 0.717) is 24.7 Å². The summed E-state index contributed by atoms with van der Waals surface area (Å²) < 4.78 is 18.6. The number of amides is 1. The van der Waals surface area contributed by atoms with Crippen molar-refractivity contribution in [3.05, 3.63) is 60.4 Å². The van der Waals surface area contributed by atoms with Crippen LogP contribution in [0.3, 0.4) is 0 Å². The molecule has 0 unspecified atom stereocenters. The maximum absolute atomic E-state index is 13.2. The van der Waals surface area contributed by atoms with Crippen LogP contribution in [-0.4, -0.2) is 50.7 Å². The topological polar surface area (TPSA) is 84.0 Å². The van der Waals surface area contributed by atoms with Crippen LogP contribution in [0.15, 0.2) is 48.8 Å². The fourth-order valence-corrected chi connectivity index (χ4v) is 3.28. The molecule has 144 valence electrons. The predicted octanol–water partition coefficient (Wildman–Crippen LogP) is 2.79. The molecule has 1 fully saturated rings. The molecule has 3 aromatic rings. The van der Waals surface area contributed by atoms with Crippen molar-refractivity contribution in [2.45, 2.75) is 18.8 Å². The maximum Gasteiger partial charge on any atom is 0.260 e. The Morgan fingerprint density at radius 3 is 2.86 bits per heavy atom. The first-order chi connectivity index (χ1) is 13.7. The maximum atomic E-state index is 13.2. The molecule has 7 nitrogen and oxygen atoms in total. The van der Waals surface area contributed by atoms with Crippen LogP contribution >= 0.6 is 0 Å². The molecule has 0 spiro atoms. The highest BCUT2D eigenvalue weighted by Crippen LogP contribution is 2.27. The van der Waals surface area contributed by atoms with Crippen LogP contribution in [0.5, 0.6) is 5.75 Å². The van der Waals surface area contributed by atoms with E-state index >= 15 is 0 Å². The summed E-state index contributed by atoms with van der Waals surface area (Å²) in [6, 6.07) is 9.55. The second kappa shape index (κ2) is 8.16. The quantitative estimate of drug-likeness (QED) is 0.735. The number of rotatable bonds is 5. The zero-order chi connectivity index (χ0) is 19.3. The van der Waals surface area contributed by atoms with Crippen molar-refractivity contribution in [3.8, 4) is 17.1 Å². The first-order valence-corrected chi connectivity index (χ1v) is 9.18. The van der Waals surface area contributed by atoms with Crippen molar-refractivity contribution in [1.82, 2.24) is 25.1 Å². The number of nitrogens with one attached hydrogen (secondary N) is 1. The highest BCUT2D eigenvalue weighted by molar-refractivity contribution is 5.77. The van der Waals surface area contributed by atoms with E-state index in [9.17, 15) is 9.18 Å². The number of aromatic nitrogens is 4. The molecule has 0 saturated carbocycles. The monoisotopic (exact) mass is 381 g/mol. The second-order valence-corrected chi connectivity index (χ2v) is 6.69. The van der Waals surface area contributed by atoms with Crippen molar-refractivity contribution in [2.24, 2.45) is 0 Å². The normalized spacial score (nSPS) is 14.8. The lowest BCUT2D eigenvalue weighted by Crippen LogP contribution is -2.40. The van der Waals surface area contributed by atoms with E-state index < -0.39 is 0 Å². The molecule has 1 amide bonds. The van der Waals surface area contributed by atoms with E-state index in [1.165, 1.54) is 12.1 Å². The Kier molecular flexibility index (Phi) is 5.27. The summed E-state index contributed by atoms with van der Waals surface area (Å²) in [6.45, 7) is 1.15. The number of carbonyl (C=O) groups excluding carboxylic acids is 1. The molecule has 0 bridgehead atoms. The number of hydrogen-bond donors (Lipinski definition) is 1. The van der Waals surface area contributed by atoms with Gasteiger partial charge in [0.25, 0.3) is 5.91 Å². The molecule has 0 aliphatic carbocycles. The van der Waals surface area contributed by atoms with Crippen molar-refractivity contribution in [3.63, 3.8) is 0 Å². The van der Waals surface area contributed by atoms with Gasteiger partial charge in [0, 0.05) is 43.0 Å². The summed E-state index contributed by atoms with van der Waals surface area (Å²) in [5.74, 6) is 1.56. The standard InChI is InChI=1S/C20H20FN5O2/c21-16-4-1-5-17(11-16)28-13-18(27)26-9-6-14(7-10-26)19-23-20(25-24-19)15-3-2-8-22-12-15/h1-5,8,11-12,14H,6-7,9-10,13H2,(H,23,24,25). The van der Waals surface area contributed by atoms with Crippen molar-refractivity contribution < 1.29 is 13.9 Å². The van der Waals surface area contributed by atoms with Gasteiger partial charge in [-0.05, 0) is 37.1 Å². The lowest BCUT2D eigenvalue weighted by molar-refractivity contribution is -0.134. The molecular formula is C20H20FN5O2. The molecule has 0 radical (unpaired) electrons. The Morgan fingerprint density at radius 2 is 2.11 bits per heavy atom. The van der Waals surface area contributed by atoms with Gasteiger partial charge in [-0.25, -0.2) is 9.37 Å². The third kappa shape index (κ3) is 4.16. The van der Waals surface area contributed by atoms with E-state index in [1.807, 2.05) is 12.1 Å². The number of hydrogen-bond acceptors (Lipinski definition) is 5. The van der Waals surface area contributed by atoms with Gasteiger partial charge in [-0.3, -0.25) is 14.9 Å². The van der Waals surface area contributed by atoms with E-state index in [1.54, 1.807) is 29.4 Å². The molecule has 8 heteroatoms. The van der Waals surface area contributed by atoms with Crippen LogP contribution in [0.4, 0.5) is 4.39 Å².